The summed E-state index contributed by atoms with van der Waals surface area (Å²) in [6.07, 6.45) is 5.94. The Bertz CT molecular complexity index is 922. The van der Waals surface area contributed by atoms with Crippen LogP contribution in [0.25, 0.3) is 16.5 Å². The molecule has 1 aliphatic carbocycles. The lowest BCUT2D eigenvalue weighted by Crippen LogP contribution is -2.42. The molecule has 2 heterocycles. The van der Waals surface area contributed by atoms with Gasteiger partial charge in [0.1, 0.15) is 0 Å². The van der Waals surface area contributed by atoms with Crippen LogP contribution in [0.1, 0.15) is 50.4 Å². The summed E-state index contributed by atoms with van der Waals surface area (Å²) in [7, 11) is 0. The predicted octanol–water partition coefficient (Wildman–Crippen LogP) is 4.54. The molecule has 2 aliphatic rings. The van der Waals surface area contributed by atoms with Crippen LogP contribution in [0.5, 0.6) is 0 Å². The number of nitrogens with one attached hydrogen (secondary N) is 1. The monoisotopic (exact) mass is 396 g/mol. The average molecular weight is 397 g/mol. The molecule has 1 aliphatic heterocycles. The molecule has 2 aromatic rings. The predicted molar refractivity (Wildman–Crippen MR) is 124 cm³/mol. The standard InChI is InChI=1S/C23H32N4S/c1-5-13-26-14-9-11-17-18-10-8-12-20-22(18)19(15-21(17)26)16(4)27(20)24-23(28)25(6-2)7-3/h8,10-12,21H,5-7,9,13-15H2,1-4H3,(H,24,28)/t21-/m1/s1. The van der Waals surface area contributed by atoms with Crippen LogP contribution in [0, 0.1) is 6.92 Å². The van der Waals surface area contributed by atoms with Crippen molar-refractivity contribution in [2.24, 2.45) is 0 Å². The second-order valence-corrected chi connectivity index (χ2v) is 8.28. The second-order valence-electron chi connectivity index (χ2n) is 7.89. The van der Waals surface area contributed by atoms with Gasteiger partial charge in [0.05, 0.1) is 5.52 Å². The van der Waals surface area contributed by atoms with Gasteiger partial charge in [-0.25, -0.2) is 0 Å². The van der Waals surface area contributed by atoms with Gasteiger partial charge in [-0.15, -0.1) is 0 Å². The highest BCUT2D eigenvalue weighted by molar-refractivity contribution is 7.80. The number of nitrogens with zero attached hydrogens (tertiary/aromatic N) is 3. The Morgan fingerprint density at radius 2 is 2.04 bits per heavy atom. The maximum Gasteiger partial charge on any atom is 0.188 e. The summed E-state index contributed by atoms with van der Waals surface area (Å²) in [5, 5.41) is 2.21. The number of hydrogen-bond donors (Lipinski definition) is 1. The first-order chi connectivity index (χ1) is 13.6. The Morgan fingerprint density at radius 3 is 2.75 bits per heavy atom. The van der Waals surface area contributed by atoms with Gasteiger partial charge in [-0.1, -0.05) is 25.1 Å². The first-order valence-corrected chi connectivity index (χ1v) is 11.1. The molecule has 0 unspecified atom stereocenters. The molecular weight excluding hydrogens is 364 g/mol. The molecule has 4 rings (SSSR count). The first kappa shape index (κ1) is 19.5. The lowest BCUT2D eigenvalue weighted by Gasteiger charge is -2.39. The molecular formula is C23H32N4S. The summed E-state index contributed by atoms with van der Waals surface area (Å²) in [5.74, 6) is 0. The van der Waals surface area contributed by atoms with E-state index in [4.69, 9.17) is 12.2 Å². The van der Waals surface area contributed by atoms with Crippen LogP contribution in [-0.2, 0) is 6.42 Å². The third kappa shape index (κ3) is 3.05. The summed E-state index contributed by atoms with van der Waals surface area (Å²) in [4.78, 5) is 4.87. The molecule has 5 heteroatoms. The topological polar surface area (TPSA) is 23.4 Å². The molecule has 1 aromatic heterocycles. The summed E-state index contributed by atoms with van der Waals surface area (Å²) < 4.78 is 2.22. The van der Waals surface area contributed by atoms with E-state index in [0.29, 0.717) is 6.04 Å². The fourth-order valence-electron chi connectivity index (χ4n) is 5.00. The zero-order chi connectivity index (χ0) is 19.8. The van der Waals surface area contributed by atoms with Gasteiger partial charge in [0.2, 0.25) is 0 Å². The number of fused-ring (bicyclic) bond motifs is 2. The number of aromatic nitrogens is 1. The average Bonchev–Trinajstić information content (AvgIpc) is 2.97. The van der Waals surface area contributed by atoms with E-state index in [1.807, 2.05) is 0 Å². The van der Waals surface area contributed by atoms with E-state index >= 15 is 0 Å². The largest absolute Gasteiger partial charge is 0.348 e. The summed E-state index contributed by atoms with van der Waals surface area (Å²) in [5.41, 5.74) is 10.5. The molecule has 1 aromatic carbocycles. The molecule has 28 heavy (non-hydrogen) atoms. The fourth-order valence-corrected chi connectivity index (χ4v) is 5.35. The highest BCUT2D eigenvalue weighted by Gasteiger charge is 2.34. The molecule has 0 fully saturated rings. The van der Waals surface area contributed by atoms with E-state index in [1.54, 1.807) is 0 Å². The van der Waals surface area contributed by atoms with Gasteiger partial charge >= 0.3 is 0 Å². The molecule has 4 nitrogen and oxygen atoms in total. The van der Waals surface area contributed by atoms with Crippen LogP contribution in [0.4, 0.5) is 0 Å². The quantitative estimate of drug-likeness (QED) is 0.750. The molecule has 0 radical (unpaired) electrons. The van der Waals surface area contributed by atoms with Crippen molar-refractivity contribution in [1.82, 2.24) is 14.5 Å². The Kier molecular flexibility index (Phi) is 5.48. The van der Waals surface area contributed by atoms with Gasteiger partial charge in [-0.05, 0) is 81.6 Å². The van der Waals surface area contributed by atoms with E-state index < -0.39 is 0 Å². The van der Waals surface area contributed by atoms with Gasteiger partial charge in [-0.2, -0.15) is 0 Å². The van der Waals surface area contributed by atoms with Gasteiger partial charge in [0.25, 0.3) is 0 Å². The maximum absolute atomic E-state index is 5.70. The van der Waals surface area contributed by atoms with E-state index in [2.05, 4.69) is 71.9 Å². The van der Waals surface area contributed by atoms with Crippen LogP contribution >= 0.6 is 12.2 Å². The SMILES string of the molecule is CCCN1CCC=C2c3cccc4c3c(c(C)n4NC(=S)N(CC)CC)C[C@H]21. The minimum Gasteiger partial charge on any atom is -0.348 e. The van der Waals surface area contributed by atoms with Crippen LogP contribution in [0.3, 0.4) is 0 Å². The highest BCUT2D eigenvalue weighted by atomic mass is 32.1. The van der Waals surface area contributed by atoms with Crippen LogP contribution in [0.2, 0.25) is 0 Å². The van der Waals surface area contributed by atoms with Crippen molar-refractivity contribution in [2.75, 3.05) is 31.6 Å². The number of rotatable bonds is 5. The molecule has 0 amide bonds. The van der Waals surface area contributed by atoms with Crippen molar-refractivity contribution in [3.63, 3.8) is 0 Å². The zero-order valence-electron chi connectivity index (χ0n) is 17.6. The smallest absolute Gasteiger partial charge is 0.188 e. The maximum atomic E-state index is 5.70. The van der Waals surface area contributed by atoms with E-state index in [1.165, 1.54) is 52.8 Å². The van der Waals surface area contributed by atoms with Crippen molar-refractivity contribution in [3.8, 4) is 0 Å². The molecule has 1 N–H and O–H groups in total. The molecule has 1 atom stereocenters. The second kappa shape index (κ2) is 7.88. The van der Waals surface area contributed by atoms with Gasteiger partial charge in [0, 0.05) is 36.8 Å². The third-order valence-corrected chi connectivity index (χ3v) is 6.76. The fraction of sp³-hybridized carbons (Fsp3) is 0.522. The lowest BCUT2D eigenvalue weighted by molar-refractivity contribution is 0.229. The molecule has 0 bridgehead atoms. The van der Waals surface area contributed by atoms with E-state index in [0.717, 1.165) is 31.0 Å². The Hall–Kier alpha value is -1.85. The molecule has 0 saturated carbocycles. The van der Waals surface area contributed by atoms with Gasteiger partial charge in [0.15, 0.2) is 5.11 Å². The van der Waals surface area contributed by atoms with Crippen molar-refractivity contribution < 1.29 is 0 Å². The zero-order valence-corrected chi connectivity index (χ0v) is 18.4. The minimum absolute atomic E-state index is 0.510. The van der Waals surface area contributed by atoms with Crippen molar-refractivity contribution in [3.05, 3.63) is 41.1 Å². The van der Waals surface area contributed by atoms with Crippen molar-refractivity contribution in [1.29, 1.82) is 0 Å². The van der Waals surface area contributed by atoms with E-state index in [9.17, 15) is 0 Å². The van der Waals surface area contributed by atoms with E-state index in [-0.39, 0.29) is 0 Å². The molecule has 150 valence electrons. The third-order valence-electron chi connectivity index (χ3n) is 6.42. The number of thiocarbonyl (C=S) groups is 1. The number of benzene rings is 1. The van der Waals surface area contributed by atoms with Crippen molar-refractivity contribution >= 4 is 33.8 Å². The summed E-state index contributed by atoms with van der Waals surface area (Å²) >= 11 is 5.70. The summed E-state index contributed by atoms with van der Waals surface area (Å²) in [6, 6.07) is 7.24. The minimum atomic E-state index is 0.510. The normalized spacial score (nSPS) is 18.7. The number of hydrogen-bond acceptors (Lipinski definition) is 2. The Labute approximate surface area is 174 Å². The van der Waals surface area contributed by atoms with Gasteiger partial charge < -0.3 is 4.90 Å². The lowest BCUT2D eigenvalue weighted by atomic mass is 9.81. The first-order valence-electron chi connectivity index (χ1n) is 10.7. The molecule has 0 spiro atoms. The van der Waals surface area contributed by atoms with Gasteiger partial charge in [-0.3, -0.25) is 15.0 Å². The Morgan fingerprint density at radius 1 is 1.25 bits per heavy atom. The van der Waals surface area contributed by atoms with Crippen LogP contribution in [-0.4, -0.2) is 51.8 Å². The van der Waals surface area contributed by atoms with Crippen molar-refractivity contribution in [2.45, 2.75) is 53.0 Å². The molecule has 0 saturated heterocycles. The Balaban J connectivity index is 1.80. The summed E-state index contributed by atoms with van der Waals surface area (Å²) in [6.45, 7) is 13.0. The van der Waals surface area contributed by atoms with Crippen LogP contribution < -0.4 is 5.43 Å². The van der Waals surface area contributed by atoms with Crippen LogP contribution in [0.15, 0.2) is 24.3 Å². The highest BCUT2D eigenvalue weighted by Crippen LogP contribution is 2.42.